The third kappa shape index (κ3) is 5.75. The Morgan fingerprint density at radius 2 is 1.78 bits per heavy atom. The van der Waals surface area contributed by atoms with Crippen molar-refractivity contribution in [3.05, 3.63) is 125 Å². The molecule has 0 aliphatic rings. The van der Waals surface area contributed by atoms with E-state index in [-0.39, 0.29) is 18.2 Å². The number of carbonyl (C=O) groups is 1. The minimum atomic E-state index is -0.189. The van der Waals surface area contributed by atoms with E-state index in [2.05, 4.69) is 15.3 Å². The number of pyridine rings is 1. The van der Waals surface area contributed by atoms with Crippen molar-refractivity contribution >= 4 is 28.4 Å². The van der Waals surface area contributed by atoms with Gasteiger partial charge in [-0.3, -0.25) is 9.78 Å². The molecule has 2 heterocycles. The minimum absolute atomic E-state index is 0.0262. The van der Waals surface area contributed by atoms with Crippen molar-refractivity contribution < 1.29 is 9.53 Å². The maximum atomic E-state index is 13.1. The summed E-state index contributed by atoms with van der Waals surface area (Å²) in [7, 11) is 0. The van der Waals surface area contributed by atoms with Gasteiger partial charge in [0.05, 0.1) is 0 Å². The van der Waals surface area contributed by atoms with Crippen LogP contribution in [-0.4, -0.2) is 22.4 Å². The van der Waals surface area contributed by atoms with E-state index >= 15 is 0 Å². The van der Waals surface area contributed by atoms with Gasteiger partial charge in [0.15, 0.2) is 0 Å². The predicted molar refractivity (Wildman–Crippen MR) is 144 cm³/mol. The van der Waals surface area contributed by atoms with Gasteiger partial charge in [-0.25, -0.2) is 0 Å². The summed E-state index contributed by atoms with van der Waals surface area (Å²) < 4.78 is 6.08. The molecule has 6 heteroatoms. The lowest BCUT2D eigenvalue weighted by molar-refractivity contribution is -0.121. The van der Waals surface area contributed by atoms with Crippen molar-refractivity contribution in [2.24, 2.45) is 0 Å². The molecule has 0 unspecified atom stereocenters. The number of hydrogen-bond acceptors (Lipinski definition) is 3. The van der Waals surface area contributed by atoms with Crippen molar-refractivity contribution in [3.63, 3.8) is 0 Å². The first kappa shape index (κ1) is 23.6. The van der Waals surface area contributed by atoms with Gasteiger partial charge in [-0.1, -0.05) is 48.0 Å². The van der Waals surface area contributed by atoms with Crippen molar-refractivity contribution in [3.8, 4) is 11.5 Å². The maximum absolute atomic E-state index is 13.1. The zero-order valence-electron chi connectivity index (χ0n) is 19.7. The van der Waals surface area contributed by atoms with Crippen LogP contribution in [0.5, 0.6) is 11.5 Å². The van der Waals surface area contributed by atoms with E-state index in [9.17, 15) is 4.79 Å². The molecule has 3 aromatic carbocycles. The zero-order valence-corrected chi connectivity index (χ0v) is 20.4. The SMILES string of the molecule is O=C(C[C@H](c1cccc(Oc2ccccc2)c1)c1c[nH]c2ccc(Cl)cc12)NCCc1ccccn1. The first-order chi connectivity index (χ1) is 17.7. The van der Waals surface area contributed by atoms with Gasteiger partial charge in [0.1, 0.15) is 11.5 Å². The normalized spacial score (nSPS) is 11.8. The van der Waals surface area contributed by atoms with E-state index in [1.807, 2.05) is 97.2 Å². The summed E-state index contributed by atoms with van der Waals surface area (Å²) in [6.45, 7) is 0.527. The predicted octanol–water partition coefficient (Wildman–Crippen LogP) is 6.89. The summed E-state index contributed by atoms with van der Waals surface area (Å²) in [5.74, 6) is 1.27. The standard InChI is InChI=1S/C30H26ClN3O2/c31-22-12-13-29-27(18-22)28(20-34-29)26(19-30(35)33-16-14-23-8-4-5-15-32-23)21-7-6-11-25(17-21)36-24-9-2-1-3-10-24/h1-13,15,17-18,20,26,34H,14,16,19H2,(H,33,35)/t26-/m1/s1. The van der Waals surface area contributed by atoms with E-state index in [4.69, 9.17) is 16.3 Å². The van der Waals surface area contributed by atoms with Gasteiger partial charge in [-0.05, 0) is 65.7 Å². The molecular weight excluding hydrogens is 470 g/mol. The van der Waals surface area contributed by atoms with Crippen molar-refractivity contribution in [1.82, 2.24) is 15.3 Å². The molecule has 0 radical (unpaired) electrons. The van der Waals surface area contributed by atoms with Crippen LogP contribution < -0.4 is 10.1 Å². The van der Waals surface area contributed by atoms with Gasteiger partial charge >= 0.3 is 0 Å². The summed E-state index contributed by atoms with van der Waals surface area (Å²) >= 11 is 6.33. The highest BCUT2D eigenvalue weighted by molar-refractivity contribution is 6.31. The quantitative estimate of drug-likeness (QED) is 0.234. The second kappa shape index (κ2) is 11.1. The molecule has 1 amide bonds. The lowest BCUT2D eigenvalue weighted by Gasteiger charge is -2.18. The molecule has 1 atom stereocenters. The van der Waals surface area contributed by atoms with E-state index in [0.29, 0.717) is 18.0 Å². The number of amides is 1. The Morgan fingerprint density at radius 1 is 0.944 bits per heavy atom. The molecule has 0 saturated heterocycles. The molecule has 5 rings (SSSR count). The van der Waals surface area contributed by atoms with Crippen LogP contribution in [0.25, 0.3) is 10.9 Å². The van der Waals surface area contributed by atoms with Gasteiger partial charge < -0.3 is 15.0 Å². The third-order valence-corrected chi connectivity index (χ3v) is 6.34. The van der Waals surface area contributed by atoms with E-state index in [1.165, 1.54) is 0 Å². The molecule has 2 aromatic heterocycles. The largest absolute Gasteiger partial charge is 0.457 e. The van der Waals surface area contributed by atoms with Crippen LogP contribution >= 0.6 is 11.6 Å². The van der Waals surface area contributed by atoms with Crippen LogP contribution in [0.15, 0.2) is 103 Å². The first-order valence-electron chi connectivity index (χ1n) is 11.9. The lowest BCUT2D eigenvalue weighted by Crippen LogP contribution is -2.27. The second-order valence-corrected chi connectivity index (χ2v) is 9.04. The van der Waals surface area contributed by atoms with E-state index in [0.717, 1.165) is 39.2 Å². The molecule has 0 aliphatic carbocycles. The number of H-pyrrole nitrogens is 1. The smallest absolute Gasteiger partial charge is 0.220 e. The number of carbonyl (C=O) groups excluding carboxylic acids is 1. The monoisotopic (exact) mass is 495 g/mol. The van der Waals surface area contributed by atoms with Crippen molar-refractivity contribution in [2.45, 2.75) is 18.8 Å². The van der Waals surface area contributed by atoms with Crippen LogP contribution in [0, 0.1) is 0 Å². The topological polar surface area (TPSA) is 67.0 Å². The van der Waals surface area contributed by atoms with Crippen molar-refractivity contribution in [1.29, 1.82) is 0 Å². The molecule has 0 bridgehead atoms. The van der Waals surface area contributed by atoms with Gasteiger partial charge in [0.2, 0.25) is 5.91 Å². The highest BCUT2D eigenvalue weighted by atomic mass is 35.5. The summed E-state index contributed by atoms with van der Waals surface area (Å²) in [4.78, 5) is 20.7. The number of para-hydroxylation sites is 1. The number of fused-ring (bicyclic) bond motifs is 1. The average molecular weight is 496 g/mol. The number of aromatic nitrogens is 2. The molecule has 36 heavy (non-hydrogen) atoms. The molecule has 0 saturated carbocycles. The Balaban J connectivity index is 1.41. The summed E-state index contributed by atoms with van der Waals surface area (Å²) in [5.41, 5.74) is 3.94. The lowest BCUT2D eigenvalue weighted by atomic mass is 9.88. The molecule has 2 N–H and O–H groups in total. The van der Waals surface area contributed by atoms with Crippen LogP contribution in [0.1, 0.15) is 29.2 Å². The minimum Gasteiger partial charge on any atom is -0.457 e. The highest BCUT2D eigenvalue weighted by Gasteiger charge is 2.22. The van der Waals surface area contributed by atoms with Crippen LogP contribution in [0.4, 0.5) is 0 Å². The van der Waals surface area contributed by atoms with Gasteiger partial charge in [0.25, 0.3) is 0 Å². The average Bonchev–Trinajstić information content (AvgIpc) is 3.31. The molecule has 0 fully saturated rings. The summed E-state index contributed by atoms with van der Waals surface area (Å²) in [5, 5.41) is 4.72. The number of nitrogens with zero attached hydrogens (tertiary/aromatic N) is 1. The van der Waals surface area contributed by atoms with E-state index in [1.54, 1.807) is 6.20 Å². The Labute approximate surface area is 215 Å². The zero-order chi connectivity index (χ0) is 24.7. The molecule has 0 aliphatic heterocycles. The number of ether oxygens (including phenoxy) is 1. The summed E-state index contributed by atoms with van der Waals surface area (Å²) in [6, 6.07) is 29.1. The van der Waals surface area contributed by atoms with Gasteiger partial charge in [0, 0.05) is 59.3 Å². The number of rotatable bonds is 9. The highest BCUT2D eigenvalue weighted by Crippen LogP contribution is 2.36. The maximum Gasteiger partial charge on any atom is 0.220 e. The van der Waals surface area contributed by atoms with Crippen LogP contribution in [0.3, 0.4) is 0 Å². The molecule has 5 aromatic rings. The number of hydrogen-bond donors (Lipinski definition) is 2. The molecule has 5 nitrogen and oxygen atoms in total. The number of benzene rings is 3. The Morgan fingerprint density at radius 3 is 2.61 bits per heavy atom. The Bertz CT molecular complexity index is 1450. The second-order valence-electron chi connectivity index (χ2n) is 8.60. The van der Waals surface area contributed by atoms with E-state index < -0.39 is 0 Å². The third-order valence-electron chi connectivity index (χ3n) is 6.11. The van der Waals surface area contributed by atoms with Crippen LogP contribution in [-0.2, 0) is 11.2 Å². The van der Waals surface area contributed by atoms with Crippen LogP contribution in [0.2, 0.25) is 5.02 Å². The fourth-order valence-corrected chi connectivity index (χ4v) is 4.54. The fourth-order valence-electron chi connectivity index (χ4n) is 4.36. The first-order valence-corrected chi connectivity index (χ1v) is 12.3. The summed E-state index contributed by atoms with van der Waals surface area (Å²) in [6.07, 6.45) is 4.70. The number of aromatic amines is 1. The molecular formula is C30H26ClN3O2. The van der Waals surface area contributed by atoms with Gasteiger partial charge in [-0.15, -0.1) is 0 Å². The van der Waals surface area contributed by atoms with Crippen molar-refractivity contribution in [2.75, 3.05) is 6.54 Å². The fraction of sp³-hybridized carbons (Fsp3) is 0.133. The Kier molecular flexibility index (Phi) is 7.29. The number of nitrogens with one attached hydrogen (secondary N) is 2. The number of halogens is 1. The molecule has 180 valence electrons. The van der Waals surface area contributed by atoms with Gasteiger partial charge in [-0.2, -0.15) is 0 Å². The Hall–Kier alpha value is -4.09. The molecule has 0 spiro atoms.